The van der Waals surface area contributed by atoms with Crippen molar-refractivity contribution in [3.05, 3.63) is 12.3 Å². The van der Waals surface area contributed by atoms with Crippen LogP contribution in [0.5, 0.6) is 0 Å². The van der Waals surface area contributed by atoms with Crippen LogP contribution >= 0.6 is 0 Å². The molecular formula is C6H8N6O. The van der Waals surface area contributed by atoms with Crippen LogP contribution in [-0.2, 0) is 7.05 Å². The van der Waals surface area contributed by atoms with E-state index in [1.165, 1.54) is 0 Å². The molecule has 0 spiro atoms. The van der Waals surface area contributed by atoms with Crippen LogP contribution in [0.4, 0.5) is 17.8 Å². The Balaban J connectivity index is 2.14. The molecule has 7 heteroatoms. The van der Waals surface area contributed by atoms with E-state index in [1.54, 1.807) is 16.9 Å². The highest BCUT2D eigenvalue weighted by Crippen LogP contribution is 2.12. The summed E-state index contributed by atoms with van der Waals surface area (Å²) in [5.41, 5.74) is 5.23. The zero-order chi connectivity index (χ0) is 9.26. The maximum Gasteiger partial charge on any atom is 0.322 e. The van der Waals surface area contributed by atoms with Crippen molar-refractivity contribution in [1.29, 1.82) is 0 Å². The Hall–Kier alpha value is -2.05. The molecule has 2 aromatic rings. The monoisotopic (exact) mass is 180 g/mol. The number of hydrogen-bond acceptors (Lipinski definition) is 6. The highest BCUT2D eigenvalue weighted by Gasteiger charge is 2.03. The number of nitrogens with one attached hydrogen (secondary N) is 1. The van der Waals surface area contributed by atoms with Crippen molar-refractivity contribution in [3.8, 4) is 0 Å². The molecule has 2 rings (SSSR count). The van der Waals surface area contributed by atoms with Gasteiger partial charge in [-0.05, 0) is 0 Å². The summed E-state index contributed by atoms with van der Waals surface area (Å²) in [6, 6.07) is 2.04. The Morgan fingerprint density at radius 1 is 1.54 bits per heavy atom. The molecule has 0 bridgehead atoms. The quantitative estimate of drug-likeness (QED) is 0.682. The molecule has 0 radical (unpaired) electrons. The molecule has 0 unspecified atom stereocenters. The fraction of sp³-hybridized carbons (Fsp3) is 0.167. The number of aryl methyl sites for hydroxylation is 1. The number of rotatable bonds is 2. The first kappa shape index (κ1) is 7.59. The fourth-order valence-corrected chi connectivity index (χ4v) is 0.876. The van der Waals surface area contributed by atoms with E-state index >= 15 is 0 Å². The Kier molecular flexibility index (Phi) is 1.62. The summed E-state index contributed by atoms with van der Waals surface area (Å²) in [4.78, 5) is 0. The molecule has 0 atom stereocenters. The lowest BCUT2D eigenvalue weighted by molar-refractivity contribution is 0.592. The molecule has 0 amide bonds. The Morgan fingerprint density at radius 3 is 2.92 bits per heavy atom. The molecule has 13 heavy (non-hydrogen) atoms. The van der Waals surface area contributed by atoms with Crippen LogP contribution in [0.1, 0.15) is 0 Å². The number of anilines is 3. The Morgan fingerprint density at radius 2 is 2.38 bits per heavy atom. The highest BCUT2D eigenvalue weighted by molar-refractivity contribution is 5.44. The lowest BCUT2D eigenvalue weighted by Crippen LogP contribution is -1.93. The molecule has 2 heterocycles. The normalized spacial score (nSPS) is 10.2. The van der Waals surface area contributed by atoms with Gasteiger partial charge in [0.1, 0.15) is 0 Å². The van der Waals surface area contributed by atoms with Crippen LogP contribution < -0.4 is 11.1 Å². The summed E-state index contributed by atoms with van der Waals surface area (Å²) < 4.78 is 6.55. The van der Waals surface area contributed by atoms with Gasteiger partial charge < -0.3 is 10.2 Å². The van der Waals surface area contributed by atoms with Crippen molar-refractivity contribution in [2.75, 3.05) is 11.1 Å². The van der Waals surface area contributed by atoms with Crippen molar-refractivity contribution in [2.24, 2.45) is 7.05 Å². The fourth-order valence-electron chi connectivity index (χ4n) is 0.876. The van der Waals surface area contributed by atoms with Gasteiger partial charge in [0.05, 0.1) is 0 Å². The summed E-state index contributed by atoms with van der Waals surface area (Å²) >= 11 is 0. The average molecular weight is 180 g/mol. The van der Waals surface area contributed by atoms with E-state index in [-0.39, 0.29) is 12.0 Å². The summed E-state index contributed by atoms with van der Waals surface area (Å²) in [6.45, 7) is 0. The van der Waals surface area contributed by atoms with Gasteiger partial charge in [-0.3, -0.25) is 10.00 Å². The number of hydrogen-bond donors (Lipinski definition) is 2. The van der Waals surface area contributed by atoms with Crippen molar-refractivity contribution >= 4 is 17.8 Å². The zero-order valence-electron chi connectivity index (χ0n) is 6.93. The minimum absolute atomic E-state index is 0.0263. The van der Waals surface area contributed by atoms with Gasteiger partial charge in [-0.2, -0.15) is 5.10 Å². The summed E-state index contributed by atoms with van der Waals surface area (Å²) in [5, 5.41) is 13.9. The molecule has 0 saturated carbocycles. The molecule has 0 aliphatic carbocycles. The maximum absolute atomic E-state index is 5.23. The van der Waals surface area contributed by atoms with Crippen LogP contribution in [0.3, 0.4) is 0 Å². The molecule has 0 saturated heterocycles. The van der Waals surface area contributed by atoms with Crippen LogP contribution in [0.2, 0.25) is 0 Å². The second-order valence-corrected chi connectivity index (χ2v) is 2.45. The average Bonchev–Trinajstić information content (AvgIpc) is 2.62. The topological polar surface area (TPSA) is 94.8 Å². The van der Waals surface area contributed by atoms with Crippen LogP contribution in [-0.4, -0.2) is 20.0 Å². The van der Waals surface area contributed by atoms with Gasteiger partial charge in [-0.25, -0.2) is 0 Å². The van der Waals surface area contributed by atoms with E-state index < -0.39 is 0 Å². The maximum atomic E-state index is 5.23. The minimum atomic E-state index is 0.0263. The first-order chi connectivity index (χ1) is 6.24. The van der Waals surface area contributed by atoms with E-state index in [4.69, 9.17) is 10.2 Å². The lowest BCUT2D eigenvalue weighted by Gasteiger charge is -1.92. The van der Waals surface area contributed by atoms with E-state index in [2.05, 4.69) is 20.6 Å². The van der Waals surface area contributed by atoms with Gasteiger partial charge in [0.25, 0.3) is 0 Å². The first-order valence-electron chi connectivity index (χ1n) is 3.60. The summed E-state index contributed by atoms with van der Waals surface area (Å²) in [7, 11) is 1.81. The Bertz CT molecular complexity index is 366. The smallest absolute Gasteiger partial charge is 0.322 e. The Labute approximate surface area is 73.6 Å². The molecule has 2 aromatic heterocycles. The predicted molar refractivity (Wildman–Crippen MR) is 45.2 cm³/mol. The van der Waals surface area contributed by atoms with Gasteiger partial charge in [0, 0.05) is 19.3 Å². The largest absolute Gasteiger partial charge is 0.389 e. The van der Waals surface area contributed by atoms with Gasteiger partial charge in [-0.15, -0.1) is 0 Å². The third-order valence-corrected chi connectivity index (χ3v) is 1.39. The SMILES string of the molecule is Cn1ccc(Nc2nnc(N)o2)n1. The number of aromatic nitrogens is 4. The predicted octanol–water partition coefficient (Wildman–Crippen LogP) is 0.129. The van der Waals surface area contributed by atoms with Gasteiger partial charge in [0.15, 0.2) is 5.82 Å². The molecule has 3 N–H and O–H groups in total. The number of nitrogens with two attached hydrogens (primary N) is 1. The van der Waals surface area contributed by atoms with Gasteiger partial charge in [0.2, 0.25) is 0 Å². The van der Waals surface area contributed by atoms with Gasteiger partial charge >= 0.3 is 12.0 Å². The minimum Gasteiger partial charge on any atom is -0.389 e. The van der Waals surface area contributed by atoms with Crippen LogP contribution in [0, 0.1) is 0 Å². The third-order valence-electron chi connectivity index (χ3n) is 1.39. The van der Waals surface area contributed by atoms with Crippen molar-refractivity contribution in [2.45, 2.75) is 0 Å². The summed E-state index contributed by atoms with van der Waals surface area (Å²) in [5.74, 6) is 0.631. The standard InChI is InChI=1S/C6H8N6O/c1-12-3-2-4(11-12)8-6-10-9-5(7)13-6/h2-3H,1H3,(H2,7,9)(H,8,10,11). The molecular weight excluding hydrogens is 172 g/mol. The molecule has 0 aliphatic rings. The number of nitrogens with zero attached hydrogens (tertiary/aromatic N) is 4. The van der Waals surface area contributed by atoms with E-state index in [0.717, 1.165) is 0 Å². The van der Waals surface area contributed by atoms with Crippen molar-refractivity contribution in [1.82, 2.24) is 20.0 Å². The van der Waals surface area contributed by atoms with Crippen molar-refractivity contribution in [3.63, 3.8) is 0 Å². The second kappa shape index (κ2) is 2.77. The second-order valence-electron chi connectivity index (χ2n) is 2.45. The van der Waals surface area contributed by atoms with Crippen molar-refractivity contribution < 1.29 is 4.42 Å². The molecule has 0 aliphatic heterocycles. The molecule has 0 fully saturated rings. The molecule has 0 aromatic carbocycles. The van der Waals surface area contributed by atoms with E-state index in [9.17, 15) is 0 Å². The van der Waals surface area contributed by atoms with E-state index in [1.807, 2.05) is 7.05 Å². The lowest BCUT2D eigenvalue weighted by atomic mass is 10.6. The van der Waals surface area contributed by atoms with Crippen LogP contribution in [0.25, 0.3) is 0 Å². The number of nitrogen functional groups attached to an aromatic ring is 1. The zero-order valence-corrected chi connectivity index (χ0v) is 6.93. The van der Waals surface area contributed by atoms with E-state index in [0.29, 0.717) is 5.82 Å². The summed E-state index contributed by atoms with van der Waals surface area (Å²) in [6.07, 6.45) is 1.79. The van der Waals surface area contributed by atoms with Gasteiger partial charge in [-0.1, -0.05) is 10.2 Å². The van der Waals surface area contributed by atoms with Crippen LogP contribution in [0.15, 0.2) is 16.7 Å². The molecule has 68 valence electrons. The highest BCUT2D eigenvalue weighted by atomic mass is 16.4. The first-order valence-corrected chi connectivity index (χ1v) is 3.60. The third kappa shape index (κ3) is 1.58. The molecule has 7 nitrogen and oxygen atoms in total.